The molecule has 160 valence electrons. The van der Waals surface area contributed by atoms with Crippen LogP contribution < -0.4 is 10.2 Å². The first-order valence-electron chi connectivity index (χ1n) is 11.4. The van der Waals surface area contributed by atoms with Gasteiger partial charge < -0.3 is 5.32 Å². The summed E-state index contributed by atoms with van der Waals surface area (Å²) in [7, 11) is 0. The minimum Gasteiger partial charge on any atom is -0.351 e. The van der Waals surface area contributed by atoms with E-state index in [1.165, 1.54) is 19.3 Å². The number of amides is 2. The summed E-state index contributed by atoms with van der Waals surface area (Å²) in [5.74, 6) is 0.0711. The van der Waals surface area contributed by atoms with Crippen LogP contribution in [0.5, 0.6) is 0 Å². The molecule has 0 bridgehead atoms. The molecular weight excluding hydrogens is 392 g/mol. The van der Waals surface area contributed by atoms with E-state index in [0.29, 0.717) is 6.42 Å². The lowest BCUT2D eigenvalue weighted by Gasteiger charge is -2.46. The molecule has 4 nitrogen and oxygen atoms in total. The molecule has 1 aromatic carbocycles. The molecule has 0 radical (unpaired) electrons. The van der Waals surface area contributed by atoms with Gasteiger partial charge in [0.2, 0.25) is 11.8 Å². The van der Waals surface area contributed by atoms with Crippen LogP contribution >= 0.6 is 11.3 Å². The van der Waals surface area contributed by atoms with Crippen molar-refractivity contribution in [1.82, 2.24) is 5.32 Å². The van der Waals surface area contributed by atoms with E-state index < -0.39 is 5.54 Å². The van der Waals surface area contributed by atoms with Crippen molar-refractivity contribution in [3.63, 3.8) is 0 Å². The van der Waals surface area contributed by atoms with E-state index in [1.54, 1.807) is 11.3 Å². The molecule has 0 atom stereocenters. The summed E-state index contributed by atoms with van der Waals surface area (Å²) >= 11 is 1.60. The van der Waals surface area contributed by atoms with E-state index in [4.69, 9.17) is 0 Å². The Labute approximate surface area is 183 Å². The van der Waals surface area contributed by atoms with Crippen molar-refractivity contribution < 1.29 is 9.59 Å². The van der Waals surface area contributed by atoms with Gasteiger partial charge in [0, 0.05) is 16.6 Å². The molecule has 0 unspecified atom stereocenters. The van der Waals surface area contributed by atoms with Gasteiger partial charge in [-0.3, -0.25) is 14.5 Å². The third kappa shape index (κ3) is 4.61. The Balaban J connectivity index is 1.67. The third-order valence-electron chi connectivity index (χ3n) is 6.64. The number of hydrogen-bond acceptors (Lipinski definition) is 3. The Hall–Kier alpha value is -2.14. The second-order valence-corrected chi connectivity index (χ2v) is 9.75. The molecule has 2 amide bonds. The Bertz CT molecular complexity index is 822. The monoisotopic (exact) mass is 424 g/mol. The van der Waals surface area contributed by atoms with Gasteiger partial charge in [-0.05, 0) is 49.3 Å². The number of nitrogens with one attached hydrogen (secondary N) is 1. The quantitative estimate of drug-likeness (QED) is 0.668. The third-order valence-corrected chi connectivity index (χ3v) is 7.52. The lowest BCUT2D eigenvalue weighted by Crippen LogP contribution is -2.63. The Morgan fingerprint density at radius 3 is 2.30 bits per heavy atom. The van der Waals surface area contributed by atoms with Gasteiger partial charge in [-0.25, -0.2) is 0 Å². The number of rotatable bonds is 6. The van der Waals surface area contributed by atoms with E-state index >= 15 is 0 Å². The van der Waals surface area contributed by atoms with Gasteiger partial charge >= 0.3 is 0 Å². The molecule has 5 heteroatoms. The van der Waals surface area contributed by atoms with Crippen molar-refractivity contribution in [2.45, 2.75) is 82.2 Å². The van der Waals surface area contributed by atoms with Gasteiger partial charge in [-0.2, -0.15) is 0 Å². The zero-order valence-electron chi connectivity index (χ0n) is 17.6. The summed E-state index contributed by atoms with van der Waals surface area (Å²) in [4.78, 5) is 30.4. The highest BCUT2D eigenvalue weighted by Crippen LogP contribution is 2.38. The lowest BCUT2D eigenvalue weighted by atomic mass is 9.78. The van der Waals surface area contributed by atoms with Crippen LogP contribution in [0.1, 0.15) is 69.1 Å². The molecule has 0 aliphatic heterocycles. The van der Waals surface area contributed by atoms with Gasteiger partial charge in [-0.1, -0.05) is 62.8 Å². The molecule has 2 aliphatic rings. The first kappa shape index (κ1) is 21.1. The number of carbonyl (C=O) groups is 2. The maximum atomic E-state index is 13.8. The van der Waals surface area contributed by atoms with Crippen LogP contribution in [-0.4, -0.2) is 23.4 Å². The average molecular weight is 425 g/mol. The number of nitrogens with zero attached hydrogens (tertiary/aromatic N) is 1. The Morgan fingerprint density at radius 2 is 1.63 bits per heavy atom. The molecule has 1 N–H and O–H groups in total. The minimum absolute atomic E-state index is 0.0179. The maximum absolute atomic E-state index is 13.8. The summed E-state index contributed by atoms with van der Waals surface area (Å²) in [6, 6.07) is 14.0. The molecule has 1 aromatic heterocycles. The second-order valence-electron chi connectivity index (χ2n) is 8.72. The molecule has 1 heterocycles. The summed E-state index contributed by atoms with van der Waals surface area (Å²) in [5.41, 5.74) is 0.0468. The van der Waals surface area contributed by atoms with Gasteiger partial charge in [-0.15, -0.1) is 11.3 Å². The van der Waals surface area contributed by atoms with Crippen molar-refractivity contribution in [2.24, 2.45) is 0 Å². The molecule has 2 aliphatic carbocycles. The number of benzene rings is 1. The Morgan fingerprint density at radius 1 is 0.933 bits per heavy atom. The van der Waals surface area contributed by atoms with Crippen molar-refractivity contribution in [1.29, 1.82) is 0 Å². The van der Waals surface area contributed by atoms with E-state index in [9.17, 15) is 9.59 Å². The largest absolute Gasteiger partial charge is 0.351 e. The van der Waals surface area contributed by atoms with Gasteiger partial charge in [0.15, 0.2) is 0 Å². The summed E-state index contributed by atoms with van der Waals surface area (Å²) in [5, 5.41) is 5.36. The van der Waals surface area contributed by atoms with Crippen molar-refractivity contribution >= 4 is 28.8 Å². The second kappa shape index (κ2) is 9.78. The minimum atomic E-state index is -0.786. The van der Waals surface area contributed by atoms with Crippen LogP contribution in [-0.2, 0) is 16.0 Å². The number of anilines is 1. The van der Waals surface area contributed by atoms with Crippen LogP contribution in [0.15, 0.2) is 47.8 Å². The summed E-state index contributed by atoms with van der Waals surface area (Å²) in [6.07, 6.45) is 10.6. The fourth-order valence-corrected chi connectivity index (χ4v) is 5.80. The van der Waals surface area contributed by atoms with Crippen LogP contribution in [0, 0.1) is 0 Å². The highest BCUT2D eigenvalue weighted by molar-refractivity contribution is 7.10. The van der Waals surface area contributed by atoms with Crippen LogP contribution in [0.3, 0.4) is 0 Å². The predicted molar refractivity (Wildman–Crippen MR) is 123 cm³/mol. The SMILES string of the molecule is O=C(Cc1cccs1)N(c1ccccc1)C1(C(=O)NC2CCCCC2)CCCCC1. The van der Waals surface area contributed by atoms with E-state index in [2.05, 4.69) is 5.32 Å². The number of thiophene rings is 1. The topological polar surface area (TPSA) is 49.4 Å². The number of hydrogen-bond donors (Lipinski definition) is 1. The van der Waals surface area contributed by atoms with Crippen LogP contribution in [0.25, 0.3) is 0 Å². The standard InChI is InChI=1S/C25H32N2O2S/c28-23(19-22-15-10-18-30-22)27(21-13-6-2-7-14-21)25(16-8-3-9-17-25)24(29)26-20-11-4-1-5-12-20/h2,6-7,10,13-15,18,20H,1,3-5,8-9,11-12,16-17,19H2,(H,26,29). The smallest absolute Gasteiger partial charge is 0.246 e. The van der Waals surface area contributed by atoms with E-state index in [0.717, 1.165) is 55.5 Å². The molecule has 0 spiro atoms. The molecular formula is C25H32N2O2S. The highest BCUT2D eigenvalue weighted by atomic mass is 32.1. The zero-order chi connectivity index (χ0) is 20.8. The maximum Gasteiger partial charge on any atom is 0.246 e. The van der Waals surface area contributed by atoms with Crippen LogP contribution in [0.2, 0.25) is 0 Å². The van der Waals surface area contributed by atoms with Crippen molar-refractivity contribution in [3.8, 4) is 0 Å². The summed E-state index contributed by atoms with van der Waals surface area (Å²) in [6.45, 7) is 0. The van der Waals surface area contributed by atoms with Crippen molar-refractivity contribution in [3.05, 3.63) is 52.7 Å². The molecule has 0 saturated heterocycles. The predicted octanol–water partition coefficient (Wildman–Crippen LogP) is 5.48. The fraction of sp³-hybridized carbons (Fsp3) is 0.520. The lowest BCUT2D eigenvalue weighted by molar-refractivity contribution is -0.132. The molecule has 2 aromatic rings. The Kier molecular flexibility index (Phi) is 6.88. The van der Waals surface area contributed by atoms with Gasteiger partial charge in [0.25, 0.3) is 0 Å². The molecule has 2 fully saturated rings. The fourth-order valence-electron chi connectivity index (χ4n) is 5.10. The van der Waals surface area contributed by atoms with E-state index in [1.807, 2.05) is 52.7 Å². The highest BCUT2D eigenvalue weighted by Gasteiger charge is 2.48. The number of carbonyl (C=O) groups excluding carboxylic acids is 2. The normalized spacial score (nSPS) is 19.2. The van der Waals surface area contributed by atoms with Gasteiger partial charge in [0.05, 0.1) is 6.42 Å². The van der Waals surface area contributed by atoms with Gasteiger partial charge in [0.1, 0.15) is 5.54 Å². The summed E-state index contributed by atoms with van der Waals surface area (Å²) < 4.78 is 0. The van der Waals surface area contributed by atoms with Crippen molar-refractivity contribution in [2.75, 3.05) is 4.90 Å². The first-order valence-corrected chi connectivity index (χ1v) is 12.3. The first-order chi connectivity index (χ1) is 14.7. The molecule has 4 rings (SSSR count). The zero-order valence-corrected chi connectivity index (χ0v) is 18.5. The molecule has 2 saturated carbocycles. The number of para-hydroxylation sites is 1. The van der Waals surface area contributed by atoms with E-state index in [-0.39, 0.29) is 17.9 Å². The van der Waals surface area contributed by atoms with Crippen LogP contribution in [0.4, 0.5) is 5.69 Å². The molecule has 30 heavy (non-hydrogen) atoms. The average Bonchev–Trinajstić information content (AvgIpc) is 3.29.